The first-order chi connectivity index (χ1) is 7.76. The van der Waals surface area contributed by atoms with Gasteiger partial charge in [-0.15, -0.1) is 5.10 Å². The molecule has 84 valence electrons. The highest BCUT2D eigenvalue weighted by Crippen LogP contribution is 2.16. The third-order valence-corrected chi connectivity index (χ3v) is 2.93. The number of rotatable bonds is 3. The molecule has 0 spiro atoms. The summed E-state index contributed by atoms with van der Waals surface area (Å²) in [6.45, 7) is 1.95. The summed E-state index contributed by atoms with van der Waals surface area (Å²) in [5.74, 6) is 0. The molecule has 0 aliphatic heterocycles. The van der Waals surface area contributed by atoms with Crippen LogP contribution in [0.5, 0.6) is 0 Å². The molecule has 2 aromatic rings. The highest BCUT2D eigenvalue weighted by atomic mass is 79.9. The normalized spacial score (nSPS) is 10.7. The van der Waals surface area contributed by atoms with Gasteiger partial charge >= 0.3 is 0 Å². The van der Waals surface area contributed by atoms with Crippen LogP contribution in [0.1, 0.15) is 18.3 Å². The molecule has 0 unspecified atom stereocenters. The predicted octanol–water partition coefficient (Wildman–Crippen LogP) is 2.08. The molecule has 5 heteroatoms. The zero-order valence-electron chi connectivity index (χ0n) is 8.89. The largest absolute Gasteiger partial charge is 0.390 e. The van der Waals surface area contributed by atoms with E-state index < -0.39 is 0 Å². The average Bonchev–Trinajstić information content (AvgIpc) is 2.72. The van der Waals surface area contributed by atoms with Crippen molar-refractivity contribution in [1.82, 2.24) is 15.0 Å². The summed E-state index contributed by atoms with van der Waals surface area (Å²) in [7, 11) is 0. The monoisotopic (exact) mass is 281 g/mol. The van der Waals surface area contributed by atoms with Crippen LogP contribution in [0.3, 0.4) is 0 Å². The van der Waals surface area contributed by atoms with Gasteiger partial charge in [-0.25, -0.2) is 4.68 Å². The fourth-order valence-electron chi connectivity index (χ4n) is 1.60. The maximum absolute atomic E-state index is 9.13. The molecule has 4 nitrogen and oxygen atoms in total. The van der Waals surface area contributed by atoms with Crippen molar-refractivity contribution in [1.29, 1.82) is 0 Å². The topological polar surface area (TPSA) is 50.9 Å². The van der Waals surface area contributed by atoms with Crippen molar-refractivity contribution >= 4 is 15.9 Å². The summed E-state index contributed by atoms with van der Waals surface area (Å²) in [5.41, 5.74) is 2.54. The van der Waals surface area contributed by atoms with Crippen LogP contribution in [0.2, 0.25) is 0 Å². The van der Waals surface area contributed by atoms with Gasteiger partial charge in [0.05, 0.1) is 18.0 Å². The van der Waals surface area contributed by atoms with E-state index in [1.165, 1.54) is 0 Å². The summed E-state index contributed by atoms with van der Waals surface area (Å²) >= 11 is 3.39. The molecule has 0 saturated carbocycles. The lowest BCUT2D eigenvalue weighted by Crippen LogP contribution is -2.02. The second-order valence-electron chi connectivity index (χ2n) is 3.38. The Morgan fingerprint density at radius 2 is 2.00 bits per heavy atom. The Labute approximate surface area is 102 Å². The minimum atomic E-state index is -0.0697. The van der Waals surface area contributed by atoms with E-state index >= 15 is 0 Å². The standard InChI is InChI=1S/C11H12BrN3O/c1-2-11-10(7-16)13-14-15(11)9-5-3-8(12)4-6-9/h3-6,16H,2,7H2,1H3. The number of hydrogen-bond acceptors (Lipinski definition) is 3. The highest BCUT2D eigenvalue weighted by Gasteiger charge is 2.11. The number of aromatic nitrogens is 3. The molecule has 16 heavy (non-hydrogen) atoms. The zero-order valence-corrected chi connectivity index (χ0v) is 10.5. The quantitative estimate of drug-likeness (QED) is 0.937. The van der Waals surface area contributed by atoms with Gasteiger partial charge in [0.25, 0.3) is 0 Å². The van der Waals surface area contributed by atoms with Crippen molar-refractivity contribution in [2.75, 3.05) is 0 Å². The second kappa shape index (κ2) is 4.76. The molecular weight excluding hydrogens is 270 g/mol. The molecule has 0 aliphatic rings. The molecule has 0 fully saturated rings. The fourth-order valence-corrected chi connectivity index (χ4v) is 1.86. The Morgan fingerprint density at radius 1 is 1.31 bits per heavy atom. The van der Waals surface area contributed by atoms with Crippen LogP contribution in [0, 0.1) is 0 Å². The fraction of sp³-hybridized carbons (Fsp3) is 0.273. The van der Waals surface area contributed by atoms with Gasteiger partial charge in [-0.2, -0.15) is 0 Å². The van der Waals surface area contributed by atoms with Gasteiger partial charge in [-0.05, 0) is 30.7 Å². The minimum Gasteiger partial charge on any atom is -0.390 e. The smallest absolute Gasteiger partial charge is 0.112 e. The lowest BCUT2D eigenvalue weighted by atomic mass is 10.2. The van der Waals surface area contributed by atoms with Crippen LogP contribution in [0.25, 0.3) is 5.69 Å². The third-order valence-electron chi connectivity index (χ3n) is 2.40. The lowest BCUT2D eigenvalue weighted by molar-refractivity contribution is 0.275. The van der Waals surface area contributed by atoms with E-state index in [2.05, 4.69) is 26.2 Å². The minimum absolute atomic E-state index is 0.0697. The van der Waals surface area contributed by atoms with Gasteiger partial charge < -0.3 is 5.11 Å². The first kappa shape index (κ1) is 11.3. The van der Waals surface area contributed by atoms with E-state index in [0.717, 1.165) is 22.3 Å². The SMILES string of the molecule is CCc1c(CO)nnn1-c1ccc(Br)cc1. The predicted molar refractivity (Wildman–Crippen MR) is 64.4 cm³/mol. The first-order valence-electron chi connectivity index (χ1n) is 5.06. The van der Waals surface area contributed by atoms with E-state index in [0.29, 0.717) is 5.69 Å². The molecule has 2 rings (SSSR count). The summed E-state index contributed by atoms with van der Waals surface area (Å²) in [6.07, 6.45) is 0.791. The average molecular weight is 282 g/mol. The number of benzene rings is 1. The molecule has 1 N–H and O–H groups in total. The Morgan fingerprint density at radius 3 is 2.56 bits per heavy atom. The van der Waals surface area contributed by atoms with E-state index in [1.807, 2.05) is 31.2 Å². The number of hydrogen-bond donors (Lipinski definition) is 1. The summed E-state index contributed by atoms with van der Waals surface area (Å²) in [5, 5.41) is 17.1. The van der Waals surface area contributed by atoms with Crippen LogP contribution in [-0.4, -0.2) is 20.1 Å². The van der Waals surface area contributed by atoms with Gasteiger partial charge in [0.15, 0.2) is 0 Å². The molecule has 1 aromatic heterocycles. The van der Waals surface area contributed by atoms with Crippen molar-refractivity contribution in [2.24, 2.45) is 0 Å². The molecule has 0 saturated heterocycles. The molecular formula is C11H12BrN3O. The van der Waals surface area contributed by atoms with Crippen molar-refractivity contribution in [3.05, 3.63) is 40.1 Å². The Hall–Kier alpha value is -1.20. The van der Waals surface area contributed by atoms with Crippen molar-refractivity contribution in [3.8, 4) is 5.69 Å². The Balaban J connectivity index is 2.47. The van der Waals surface area contributed by atoms with Gasteiger partial charge in [0, 0.05) is 4.47 Å². The van der Waals surface area contributed by atoms with Crippen molar-refractivity contribution in [2.45, 2.75) is 20.0 Å². The van der Waals surface area contributed by atoms with E-state index in [4.69, 9.17) is 5.11 Å². The molecule has 0 aliphatic carbocycles. The maximum Gasteiger partial charge on any atom is 0.112 e. The van der Waals surface area contributed by atoms with Gasteiger partial charge in [0.2, 0.25) is 0 Å². The number of aliphatic hydroxyl groups is 1. The number of halogens is 1. The summed E-state index contributed by atoms with van der Waals surface area (Å²) in [6, 6.07) is 7.82. The van der Waals surface area contributed by atoms with E-state index in [9.17, 15) is 0 Å². The first-order valence-corrected chi connectivity index (χ1v) is 5.85. The molecule has 0 radical (unpaired) electrons. The van der Waals surface area contributed by atoms with Crippen LogP contribution >= 0.6 is 15.9 Å². The van der Waals surface area contributed by atoms with Gasteiger partial charge in [-0.3, -0.25) is 0 Å². The number of nitrogens with zero attached hydrogens (tertiary/aromatic N) is 3. The molecule has 0 bridgehead atoms. The summed E-state index contributed by atoms with van der Waals surface area (Å²) < 4.78 is 2.79. The second-order valence-corrected chi connectivity index (χ2v) is 4.30. The summed E-state index contributed by atoms with van der Waals surface area (Å²) in [4.78, 5) is 0. The third kappa shape index (κ3) is 2.01. The Bertz CT molecular complexity index is 478. The van der Waals surface area contributed by atoms with Crippen molar-refractivity contribution < 1.29 is 5.11 Å². The van der Waals surface area contributed by atoms with Crippen molar-refractivity contribution in [3.63, 3.8) is 0 Å². The van der Waals surface area contributed by atoms with E-state index in [1.54, 1.807) is 4.68 Å². The van der Waals surface area contributed by atoms with Crippen LogP contribution in [0.4, 0.5) is 0 Å². The van der Waals surface area contributed by atoms with Crippen LogP contribution in [-0.2, 0) is 13.0 Å². The molecule has 0 amide bonds. The van der Waals surface area contributed by atoms with E-state index in [-0.39, 0.29) is 6.61 Å². The lowest BCUT2D eigenvalue weighted by Gasteiger charge is -2.05. The molecule has 0 atom stereocenters. The maximum atomic E-state index is 9.13. The van der Waals surface area contributed by atoms with Crippen LogP contribution in [0.15, 0.2) is 28.7 Å². The highest BCUT2D eigenvalue weighted by molar-refractivity contribution is 9.10. The Kier molecular flexibility index (Phi) is 3.36. The molecule has 1 aromatic carbocycles. The number of aliphatic hydroxyl groups excluding tert-OH is 1. The van der Waals surface area contributed by atoms with Gasteiger partial charge in [-0.1, -0.05) is 28.1 Å². The molecule has 1 heterocycles. The van der Waals surface area contributed by atoms with Crippen LogP contribution < -0.4 is 0 Å². The zero-order chi connectivity index (χ0) is 11.5. The van der Waals surface area contributed by atoms with Gasteiger partial charge in [0.1, 0.15) is 5.69 Å².